The summed E-state index contributed by atoms with van der Waals surface area (Å²) in [6.45, 7) is 5.09. The second-order valence-electron chi connectivity index (χ2n) is 5.32. The minimum absolute atomic E-state index is 0.167. The van der Waals surface area contributed by atoms with Crippen LogP contribution in [0.15, 0.2) is 18.2 Å². The molecule has 1 aromatic rings. The highest BCUT2D eigenvalue weighted by Gasteiger charge is 2.29. The normalized spacial score (nSPS) is 12.5. The van der Waals surface area contributed by atoms with E-state index in [0.717, 1.165) is 6.42 Å². The van der Waals surface area contributed by atoms with Crippen LogP contribution in [0.5, 0.6) is 5.75 Å². The molecule has 0 saturated heterocycles. The molecule has 1 atom stereocenters. The second-order valence-corrected chi connectivity index (χ2v) is 7.64. The number of carbonyl (C=O) groups is 2. The van der Waals surface area contributed by atoms with E-state index in [9.17, 15) is 18.0 Å². The number of nitrogens with one attached hydrogen (secondary N) is 1. The lowest BCUT2D eigenvalue weighted by molar-refractivity contribution is -0.120. The predicted molar refractivity (Wildman–Crippen MR) is 88.4 cm³/mol. The molecule has 1 N–H and O–H groups in total. The minimum Gasteiger partial charge on any atom is -0.496 e. The zero-order valence-electron chi connectivity index (χ0n) is 13.9. The van der Waals surface area contributed by atoms with Gasteiger partial charge in [0.25, 0.3) is 0 Å². The molecule has 0 heterocycles. The van der Waals surface area contributed by atoms with Crippen molar-refractivity contribution < 1.29 is 22.7 Å². The van der Waals surface area contributed by atoms with Gasteiger partial charge in [-0.3, -0.25) is 9.59 Å². The third kappa shape index (κ3) is 5.06. The largest absolute Gasteiger partial charge is 0.496 e. The summed E-state index contributed by atoms with van der Waals surface area (Å²) in [5.74, 6) is -0.675. The van der Waals surface area contributed by atoms with Crippen molar-refractivity contribution in [2.24, 2.45) is 0 Å². The van der Waals surface area contributed by atoms with E-state index in [0.29, 0.717) is 23.4 Å². The van der Waals surface area contributed by atoms with Crippen molar-refractivity contribution in [2.45, 2.75) is 38.2 Å². The molecule has 23 heavy (non-hydrogen) atoms. The highest BCUT2D eigenvalue weighted by Crippen LogP contribution is 2.24. The van der Waals surface area contributed by atoms with Gasteiger partial charge in [-0.15, -0.1) is 0 Å². The Hall–Kier alpha value is -1.89. The van der Waals surface area contributed by atoms with Crippen molar-refractivity contribution >= 4 is 21.5 Å². The number of carbonyl (C=O) groups excluding carboxylic acids is 2. The summed E-state index contributed by atoms with van der Waals surface area (Å²) in [7, 11) is -2.29. The third-order valence-electron chi connectivity index (χ3n) is 3.50. The minimum atomic E-state index is -3.72. The Balaban J connectivity index is 3.06. The zero-order chi connectivity index (χ0) is 17.6. The molecule has 0 fully saturated rings. The lowest BCUT2D eigenvalue weighted by Gasteiger charge is -2.15. The van der Waals surface area contributed by atoms with Gasteiger partial charge in [0, 0.05) is 17.7 Å². The van der Waals surface area contributed by atoms with Gasteiger partial charge >= 0.3 is 0 Å². The first-order chi connectivity index (χ1) is 10.7. The summed E-state index contributed by atoms with van der Waals surface area (Å²) in [4.78, 5) is 23.4. The van der Waals surface area contributed by atoms with E-state index < -0.39 is 21.0 Å². The van der Waals surface area contributed by atoms with Gasteiger partial charge in [0.05, 0.1) is 12.9 Å². The highest BCUT2D eigenvalue weighted by molar-refractivity contribution is 7.92. The van der Waals surface area contributed by atoms with Crippen molar-refractivity contribution in [3.63, 3.8) is 0 Å². The van der Waals surface area contributed by atoms with Crippen LogP contribution in [0, 0.1) is 0 Å². The molecule has 1 rings (SSSR count). The molecular formula is C16H23NO5S. The summed E-state index contributed by atoms with van der Waals surface area (Å²) in [5, 5.41) is 1.41. The summed E-state index contributed by atoms with van der Waals surface area (Å²) < 4.78 is 30.1. The molecule has 0 saturated carbocycles. The Morgan fingerprint density at radius 3 is 2.48 bits per heavy atom. The molecule has 1 amide bonds. The lowest BCUT2D eigenvalue weighted by Crippen LogP contribution is -2.38. The van der Waals surface area contributed by atoms with Gasteiger partial charge in [-0.1, -0.05) is 6.92 Å². The maximum atomic E-state index is 12.5. The Bertz CT molecular complexity index is 682. The van der Waals surface area contributed by atoms with Crippen LogP contribution in [0.4, 0.5) is 0 Å². The number of hydrogen-bond acceptors (Lipinski definition) is 5. The van der Waals surface area contributed by atoms with Crippen LogP contribution in [0.2, 0.25) is 0 Å². The number of Topliss-reactive ketones (excluding diaryl/α,β-unsaturated/α-hetero) is 1. The quantitative estimate of drug-likeness (QED) is 0.727. The molecule has 6 nitrogen and oxygen atoms in total. The number of methoxy groups -OCH3 is 1. The van der Waals surface area contributed by atoms with E-state index >= 15 is 0 Å². The van der Waals surface area contributed by atoms with E-state index in [1.165, 1.54) is 27.0 Å². The first kappa shape index (κ1) is 19.2. The third-order valence-corrected chi connectivity index (χ3v) is 5.51. The van der Waals surface area contributed by atoms with Crippen molar-refractivity contribution in [1.82, 2.24) is 5.32 Å². The number of rotatable bonds is 8. The van der Waals surface area contributed by atoms with Crippen LogP contribution in [0.3, 0.4) is 0 Å². The van der Waals surface area contributed by atoms with Gasteiger partial charge in [-0.05, 0) is 38.5 Å². The van der Waals surface area contributed by atoms with E-state index in [1.807, 2.05) is 6.92 Å². The topological polar surface area (TPSA) is 89.5 Å². The molecule has 0 bridgehead atoms. The molecule has 0 aromatic heterocycles. The van der Waals surface area contributed by atoms with E-state index in [1.54, 1.807) is 12.1 Å². The number of hydrogen-bond donors (Lipinski definition) is 1. The summed E-state index contributed by atoms with van der Waals surface area (Å²) in [6.07, 6.45) is 0.729. The number of ketones is 1. The molecule has 0 radical (unpaired) electrons. The molecule has 7 heteroatoms. The zero-order valence-corrected chi connectivity index (χ0v) is 14.7. The summed E-state index contributed by atoms with van der Waals surface area (Å²) >= 11 is 0. The van der Waals surface area contributed by atoms with Crippen LogP contribution in [0.25, 0.3) is 0 Å². The molecule has 0 spiro atoms. The monoisotopic (exact) mass is 341 g/mol. The van der Waals surface area contributed by atoms with Crippen molar-refractivity contribution in [3.05, 3.63) is 29.3 Å². The fourth-order valence-corrected chi connectivity index (χ4v) is 3.33. The Kier molecular flexibility index (Phi) is 6.75. The molecule has 0 aliphatic carbocycles. The van der Waals surface area contributed by atoms with E-state index in [4.69, 9.17) is 4.74 Å². The molecule has 128 valence electrons. The fraction of sp³-hybridized carbons (Fsp3) is 0.500. The van der Waals surface area contributed by atoms with Crippen molar-refractivity contribution in [1.29, 1.82) is 0 Å². The smallest absolute Gasteiger partial charge is 0.238 e. The van der Waals surface area contributed by atoms with Crippen LogP contribution in [-0.4, -0.2) is 39.0 Å². The van der Waals surface area contributed by atoms with Crippen molar-refractivity contribution in [2.75, 3.05) is 13.7 Å². The SMILES string of the molecule is CCCNC(=O)[C@H](C)S(=O)(=O)Cc1cc(C(C)=O)ccc1OC. The fourth-order valence-electron chi connectivity index (χ4n) is 2.01. The summed E-state index contributed by atoms with van der Waals surface area (Å²) in [5.41, 5.74) is 0.773. The maximum absolute atomic E-state index is 12.5. The second kappa shape index (κ2) is 8.10. The van der Waals surface area contributed by atoms with Gasteiger partial charge in [-0.2, -0.15) is 0 Å². The van der Waals surface area contributed by atoms with Gasteiger partial charge in [0.2, 0.25) is 5.91 Å². The van der Waals surface area contributed by atoms with Crippen LogP contribution < -0.4 is 10.1 Å². The average Bonchev–Trinajstić information content (AvgIpc) is 2.51. The molecule has 0 aliphatic heterocycles. The predicted octanol–water partition coefficient (Wildman–Crippen LogP) is 1.73. The Morgan fingerprint density at radius 2 is 1.96 bits per heavy atom. The van der Waals surface area contributed by atoms with E-state index in [2.05, 4.69) is 5.32 Å². The standard InChI is InChI=1S/C16H23NO5S/c1-5-8-17-16(19)12(3)23(20,21)10-14-9-13(11(2)18)6-7-15(14)22-4/h6-7,9,12H,5,8,10H2,1-4H3,(H,17,19)/t12-/m0/s1. The van der Waals surface area contributed by atoms with Crippen molar-refractivity contribution in [3.8, 4) is 5.75 Å². The number of benzene rings is 1. The van der Waals surface area contributed by atoms with Gasteiger partial charge in [-0.25, -0.2) is 8.42 Å². The number of amides is 1. The average molecular weight is 341 g/mol. The number of ether oxygens (including phenoxy) is 1. The Morgan fingerprint density at radius 1 is 1.30 bits per heavy atom. The molecule has 1 aromatic carbocycles. The molecular weight excluding hydrogens is 318 g/mol. The lowest BCUT2D eigenvalue weighted by atomic mass is 10.1. The molecule has 0 unspecified atom stereocenters. The first-order valence-corrected chi connectivity index (χ1v) is 9.11. The summed E-state index contributed by atoms with van der Waals surface area (Å²) in [6, 6.07) is 4.63. The van der Waals surface area contributed by atoms with Crippen LogP contribution in [0.1, 0.15) is 43.1 Å². The van der Waals surface area contributed by atoms with Crippen LogP contribution in [-0.2, 0) is 20.4 Å². The maximum Gasteiger partial charge on any atom is 0.238 e. The van der Waals surface area contributed by atoms with Gasteiger partial charge < -0.3 is 10.1 Å². The van der Waals surface area contributed by atoms with E-state index in [-0.39, 0.29) is 11.5 Å². The molecule has 0 aliphatic rings. The van der Waals surface area contributed by atoms with Gasteiger partial charge in [0.15, 0.2) is 15.6 Å². The number of sulfone groups is 1. The highest BCUT2D eigenvalue weighted by atomic mass is 32.2. The first-order valence-electron chi connectivity index (χ1n) is 7.40. The van der Waals surface area contributed by atoms with Crippen LogP contribution >= 0.6 is 0 Å². The van der Waals surface area contributed by atoms with Gasteiger partial charge in [0.1, 0.15) is 11.0 Å². The Labute approximate surface area is 137 Å².